The van der Waals surface area contributed by atoms with Gasteiger partial charge in [0.25, 0.3) is 0 Å². The molecule has 0 aromatic heterocycles. The fourth-order valence-corrected chi connectivity index (χ4v) is 2.50. The number of aldehydes is 1. The van der Waals surface area contributed by atoms with Crippen LogP contribution >= 0.6 is 0 Å². The van der Waals surface area contributed by atoms with Gasteiger partial charge in [0.05, 0.1) is 25.7 Å². The minimum Gasteiger partial charge on any atom is -0.496 e. The molecule has 1 aliphatic rings. The number of carbonyl (C=O) groups is 1. The lowest BCUT2D eigenvalue weighted by Crippen LogP contribution is -2.48. The Kier molecular flexibility index (Phi) is 2.96. The molecule has 3 nitrogen and oxygen atoms in total. The molecule has 2 rings (SSSR count). The third kappa shape index (κ3) is 1.65. The van der Waals surface area contributed by atoms with E-state index in [1.807, 2.05) is 20.8 Å². The molecular weight excluding hydrogens is 216 g/mol. The molecular formula is C14H18O3. The predicted octanol–water partition coefficient (Wildman–Crippen LogP) is 2.09. The van der Waals surface area contributed by atoms with Crippen LogP contribution in [0.3, 0.4) is 0 Å². The smallest absolute Gasteiger partial charge is 0.135 e. The number of rotatable bonds is 3. The Labute approximate surface area is 102 Å². The van der Waals surface area contributed by atoms with Crippen LogP contribution in [0.5, 0.6) is 5.75 Å². The average molecular weight is 234 g/mol. The van der Waals surface area contributed by atoms with Crippen molar-refractivity contribution in [3.8, 4) is 5.75 Å². The van der Waals surface area contributed by atoms with E-state index in [2.05, 4.69) is 6.07 Å². The van der Waals surface area contributed by atoms with Crippen molar-refractivity contribution in [3.63, 3.8) is 0 Å². The summed E-state index contributed by atoms with van der Waals surface area (Å²) in [5.41, 5.74) is 3.94. The Morgan fingerprint density at radius 1 is 1.29 bits per heavy atom. The molecule has 1 saturated heterocycles. The molecule has 0 spiro atoms. The molecule has 1 heterocycles. The SMILES string of the molecule is COc1c(C)cc(C2(C=O)COC2)c(C)c1C. The summed E-state index contributed by atoms with van der Waals surface area (Å²) in [5.74, 6) is 0.910. The quantitative estimate of drug-likeness (QED) is 0.751. The van der Waals surface area contributed by atoms with Crippen LogP contribution in [0.4, 0.5) is 0 Å². The monoisotopic (exact) mass is 234 g/mol. The van der Waals surface area contributed by atoms with Crippen molar-refractivity contribution in [2.24, 2.45) is 0 Å². The van der Waals surface area contributed by atoms with Gasteiger partial charge in [-0.25, -0.2) is 0 Å². The number of aryl methyl sites for hydroxylation is 1. The second-order valence-corrected chi connectivity index (χ2v) is 4.79. The highest BCUT2D eigenvalue weighted by atomic mass is 16.5. The molecule has 1 fully saturated rings. The lowest BCUT2D eigenvalue weighted by molar-refractivity contribution is -0.129. The van der Waals surface area contributed by atoms with E-state index in [0.717, 1.165) is 34.3 Å². The van der Waals surface area contributed by atoms with Gasteiger partial charge in [-0.05, 0) is 43.0 Å². The maximum absolute atomic E-state index is 11.3. The first-order valence-electron chi connectivity index (χ1n) is 5.75. The number of ether oxygens (including phenoxy) is 2. The third-order valence-electron chi connectivity index (χ3n) is 3.71. The van der Waals surface area contributed by atoms with Gasteiger partial charge in [0.1, 0.15) is 12.0 Å². The van der Waals surface area contributed by atoms with Gasteiger partial charge in [0, 0.05) is 0 Å². The lowest BCUT2D eigenvalue weighted by atomic mass is 9.76. The van der Waals surface area contributed by atoms with Gasteiger partial charge in [-0.1, -0.05) is 6.07 Å². The van der Waals surface area contributed by atoms with Gasteiger partial charge >= 0.3 is 0 Å². The molecule has 0 N–H and O–H groups in total. The van der Waals surface area contributed by atoms with E-state index in [1.54, 1.807) is 7.11 Å². The zero-order valence-electron chi connectivity index (χ0n) is 10.8. The van der Waals surface area contributed by atoms with E-state index < -0.39 is 5.41 Å². The third-order valence-corrected chi connectivity index (χ3v) is 3.71. The minimum atomic E-state index is -0.439. The Balaban J connectivity index is 2.60. The first-order chi connectivity index (χ1) is 8.05. The molecule has 1 aromatic rings. The molecule has 0 bridgehead atoms. The van der Waals surface area contributed by atoms with Gasteiger partial charge < -0.3 is 14.3 Å². The van der Waals surface area contributed by atoms with E-state index in [1.165, 1.54) is 0 Å². The zero-order chi connectivity index (χ0) is 12.6. The van der Waals surface area contributed by atoms with Crippen LogP contribution in [-0.4, -0.2) is 26.6 Å². The molecule has 0 amide bonds. The zero-order valence-corrected chi connectivity index (χ0v) is 10.8. The second-order valence-electron chi connectivity index (χ2n) is 4.79. The van der Waals surface area contributed by atoms with Crippen molar-refractivity contribution >= 4 is 6.29 Å². The molecule has 0 aliphatic carbocycles. The Morgan fingerprint density at radius 2 is 1.94 bits per heavy atom. The minimum absolute atomic E-state index is 0.439. The summed E-state index contributed by atoms with van der Waals surface area (Å²) in [6.45, 7) is 7.05. The molecule has 1 aromatic carbocycles. The molecule has 1 aliphatic heterocycles. The molecule has 3 heteroatoms. The molecule has 0 atom stereocenters. The highest BCUT2D eigenvalue weighted by Gasteiger charge is 2.42. The van der Waals surface area contributed by atoms with Crippen molar-refractivity contribution < 1.29 is 14.3 Å². The van der Waals surface area contributed by atoms with Gasteiger partial charge in [0.2, 0.25) is 0 Å². The number of methoxy groups -OCH3 is 1. The summed E-state index contributed by atoms with van der Waals surface area (Å²) in [4.78, 5) is 11.3. The number of carbonyl (C=O) groups excluding carboxylic acids is 1. The van der Waals surface area contributed by atoms with Crippen molar-refractivity contribution in [3.05, 3.63) is 28.3 Å². The van der Waals surface area contributed by atoms with Crippen LogP contribution in [0.25, 0.3) is 0 Å². The second kappa shape index (κ2) is 4.15. The van der Waals surface area contributed by atoms with Crippen LogP contribution in [0, 0.1) is 20.8 Å². The van der Waals surface area contributed by atoms with Crippen LogP contribution in [0.2, 0.25) is 0 Å². The number of hydrogen-bond donors (Lipinski definition) is 0. The van der Waals surface area contributed by atoms with Crippen LogP contribution in [0.15, 0.2) is 6.07 Å². The molecule has 0 radical (unpaired) electrons. The normalized spacial score (nSPS) is 17.4. The van der Waals surface area contributed by atoms with Crippen molar-refractivity contribution in [2.75, 3.05) is 20.3 Å². The van der Waals surface area contributed by atoms with Gasteiger partial charge in [-0.2, -0.15) is 0 Å². The van der Waals surface area contributed by atoms with E-state index >= 15 is 0 Å². The summed E-state index contributed by atoms with van der Waals surface area (Å²) in [5, 5.41) is 0. The first kappa shape index (κ1) is 12.1. The highest BCUT2D eigenvalue weighted by molar-refractivity contribution is 5.73. The van der Waals surface area contributed by atoms with Crippen LogP contribution in [0.1, 0.15) is 22.3 Å². The highest BCUT2D eigenvalue weighted by Crippen LogP contribution is 2.38. The fourth-order valence-electron chi connectivity index (χ4n) is 2.50. The van der Waals surface area contributed by atoms with Crippen molar-refractivity contribution in [2.45, 2.75) is 26.2 Å². The Morgan fingerprint density at radius 3 is 2.35 bits per heavy atom. The average Bonchev–Trinajstić information content (AvgIpc) is 2.25. The van der Waals surface area contributed by atoms with E-state index in [9.17, 15) is 4.79 Å². The molecule has 0 saturated carbocycles. The topological polar surface area (TPSA) is 35.5 Å². The molecule has 92 valence electrons. The van der Waals surface area contributed by atoms with Crippen molar-refractivity contribution in [1.82, 2.24) is 0 Å². The van der Waals surface area contributed by atoms with E-state index in [0.29, 0.717) is 13.2 Å². The largest absolute Gasteiger partial charge is 0.496 e. The summed E-state index contributed by atoms with van der Waals surface area (Å²) < 4.78 is 10.6. The van der Waals surface area contributed by atoms with Crippen molar-refractivity contribution in [1.29, 1.82) is 0 Å². The summed E-state index contributed by atoms with van der Waals surface area (Å²) >= 11 is 0. The predicted molar refractivity (Wildman–Crippen MR) is 65.8 cm³/mol. The maximum atomic E-state index is 11.3. The van der Waals surface area contributed by atoms with E-state index in [4.69, 9.17) is 9.47 Å². The van der Waals surface area contributed by atoms with Gasteiger partial charge in [0.15, 0.2) is 0 Å². The summed E-state index contributed by atoms with van der Waals surface area (Å²) in [6, 6.07) is 2.05. The Hall–Kier alpha value is -1.35. The summed E-state index contributed by atoms with van der Waals surface area (Å²) in [6.07, 6.45) is 1.02. The lowest BCUT2D eigenvalue weighted by Gasteiger charge is -2.38. The van der Waals surface area contributed by atoms with Gasteiger partial charge in [-0.3, -0.25) is 0 Å². The van der Waals surface area contributed by atoms with E-state index in [-0.39, 0.29) is 0 Å². The molecule has 0 unspecified atom stereocenters. The Bertz CT molecular complexity index is 459. The van der Waals surface area contributed by atoms with Crippen LogP contribution in [-0.2, 0) is 14.9 Å². The van der Waals surface area contributed by atoms with Gasteiger partial charge in [-0.15, -0.1) is 0 Å². The van der Waals surface area contributed by atoms with Crippen LogP contribution < -0.4 is 4.74 Å². The molecule has 17 heavy (non-hydrogen) atoms. The summed E-state index contributed by atoms with van der Waals surface area (Å²) in [7, 11) is 1.68. The standard InChI is InChI=1S/C14H18O3/c1-9-5-12(14(6-15)7-17-8-14)10(2)11(3)13(9)16-4/h5-6H,7-8H2,1-4H3. The maximum Gasteiger partial charge on any atom is 0.135 e. The number of benzene rings is 1. The number of hydrogen-bond acceptors (Lipinski definition) is 3. The first-order valence-corrected chi connectivity index (χ1v) is 5.75. The fraction of sp³-hybridized carbons (Fsp3) is 0.500.